The zero-order valence-electron chi connectivity index (χ0n) is 15.7. The molecule has 0 unspecified atom stereocenters. The number of aromatic nitrogens is 6. The van der Waals surface area contributed by atoms with E-state index in [0.717, 1.165) is 56.2 Å². The molecule has 0 atom stereocenters. The summed E-state index contributed by atoms with van der Waals surface area (Å²) in [5.41, 5.74) is 3.51. The van der Waals surface area contributed by atoms with Gasteiger partial charge >= 0.3 is 0 Å². The van der Waals surface area contributed by atoms with Crippen molar-refractivity contribution in [2.75, 3.05) is 6.54 Å². The van der Waals surface area contributed by atoms with E-state index < -0.39 is 0 Å². The van der Waals surface area contributed by atoms with Crippen LogP contribution in [0.5, 0.6) is 0 Å². The molecule has 0 N–H and O–H groups in total. The third-order valence-corrected chi connectivity index (χ3v) is 4.77. The van der Waals surface area contributed by atoms with Crippen molar-refractivity contribution in [3.8, 4) is 0 Å². The molecule has 3 aromatic heterocycles. The molecule has 0 saturated carbocycles. The SMILES string of the molecule is CC(C)(C)CCc1ncc2c(n1)CCN(Cc1nnc3cccnn13)C2. The highest BCUT2D eigenvalue weighted by Crippen LogP contribution is 2.22. The maximum absolute atomic E-state index is 4.81. The quantitative estimate of drug-likeness (QED) is 0.719. The Morgan fingerprint density at radius 3 is 2.92 bits per heavy atom. The highest BCUT2D eigenvalue weighted by molar-refractivity contribution is 5.34. The molecule has 7 nitrogen and oxygen atoms in total. The first kappa shape index (κ1) is 17.0. The summed E-state index contributed by atoms with van der Waals surface area (Å²) in [5.74, 6) is 1.84. The lowest BCUT2D eigenvalue weighted by Crippen LogP contribution is -2.32. The van der Waals surface area contributed by atoms with Gasteiger partial charge in [-0.15, -0.1) is 10.2 Å². The fourth-order valence-electron chi connectivity index (χ4n) is 3.25. The van der Waals surface area contributed by atoms with Gasteiger partial charge in [0, 0.05) is 49.6 Å². The van der Waals surface area contributed by atoms with Crippen LogP contribution in [0, 0.1) is 5.41 Å². The topological polar surface area (TPSA) is 72.1 Å². The van der Waals surface area contributed by atoms with Gasteiger partial charge in [-0.2, -0.15) is 9.61 Å². The fraction of sp³-hybridized carbons (Fsp3) is 0.526. The summed E-state index contributed by atoms with van der Waals surface area (Å²) in [6, 6.07) is 3.79. The third kappa shape index (κ3) is 3.72. The highest BCUT2D eigenvalue weighted by atomic mass is 15.4. The van der Waals surface area contributed by atoms with E-state index in [4.69, 9.17) is 4.98 Å². The van der Waals surface area contributed by atoms with Gasteiger partial charge in [0.15, 0.2) is 11.5 Å². The molecular formula is C19H25N7. The van der Waals surface area contributed by atoms with Gasteiger partial charge in [-0.3, -0.25) is 4.90 Å². The van der Waals surface area contributed by atoms with Gasteiger partial charge in [0.1, 0.15) is 5.82 Å². The number of aryl methyl sites for hydroxylation is 1. The molecule has 4 rings (SSSR count). The molecule has 0 spiro atoms. The summed E-state index contributed by atoms with van der Waals surface area (Å²) >= 11 is 0. The van der Waals surface area contributed by atoms with Crippen LogP contribution in [0.15, 0.2) is 24.5 Å². The lowest BCUT2D eigenvalue weighted by molar-refractivity contribution is 0.234. The van der Waals surface area contributed by atoms with E-state index in [1.807, 2.05) is 22.8 Å². The average Bonchev–Trinajstić information content (AvgIpc) is 3.02. The number of hydrogen-bond acceptors (Lipinski definition) is 6. The highest BCUT2D eigenvalue weighted by Gasteiger charge is 2.21. The van der Waals surface area contributed by atoms with E-state index in [2.05, 4.69) is 46.0 Å². The van der Waals surface area contributed by atoms with Crippen LogP contribution in [0.4, 0.5) is 0 Å². The van der Waals surface area contributed by atoms with E-state index in [-0.39, 0.29) is 0 Å². The molecule has 4 heterocycles. The molecule has 26 heavy (non-hydrogen) atoms. The summed E-state index contributed by atoms with van der Waals surface area (Å²) in [5, 5.41) is 12.8. The minimum absolute atomic E-state index is 0.311. The predicted octanol–water partition coefficient (Wildman–Crippen LogP) is 2.45. The van der Waals surface area contributed by atoms with Crippen LogP contribution >= 0.6 is 0 Å². The molecule has 136 valence electrons. The van der Waals surface area contributed by atoms with Crippen LogP contribution in [-0.4, -0.2) is 41.2 Å². The van der Waals surface area contributed by atoms with Crippen molar-refractivity contribution < 1.29 is 0 Å². The molecule has 0 saturated heterocycles. The van der Waals surface area contributed by atoms with Crippen LogP contribution < -0.4 is 0 Å². The zero-order valence-corrected chi connectivity index (χ0v) is 15.7. The molecule has 0 aliphatic carbocycles. The van der Waals surface area contributed by atoms with Gasteiger partial charge in [-0.25, -0.2) is 9.97 Å². The Morgan fingerprint density at radius 1 is 1.19 bits per heavy atom. The molecule has 0 amide bonds. The van der Waals surface area contributed by atoms with E-state index in [1.54, 1.807) is 6.20 Å². The molecule has 0 aromatic carbocycles. The Morgan fingerprint density at radius 2 is 2.08 bits per heavy atom. The average molecular weight is 351 g/mol. The lowest BCUT2D eigenvalue weighted by atomic mass is 9.90. The second-order valence-electron chi connectivity index (χ2n) is 8.19. The fourth-order valence-corrected chi connectivity index (χ4v) is 3.25. The Hall–Kier alpha value is -2.41. The number of hydrogen-bond donors (Lipinski definition) is 0. The Balaban J connectivity index is 1.45. The smallest absolute Gasteiger partial charge is 0.177 e. The van der Waals surface area contributed by atoms with Gasteiger partial charge in [0.25, 0.3) is 0 Å². The first-order chi connectivity index (χ1) is 12.5. The summed E-state index contributed by atoms with van der Waals surface area (Å²) < 4.78 is 1.81. The van der Waals surface area contributed by atoms with Gasteiger partial charge in [0.2, 0.25) is 0 Å². The summed E-state index contributed by atoms with van der Waals surface area (Å²) in [6.07, 6.45) is 6.76. The van der Waals surface area contributed by atoms with Gasteiger partial charge < -0.3 is 0 Å². The van der Waals surface area contributed by atoms with Crippen molar-refractivity contribution in [2.45, 2.75) is 53.1 Å². The van der Waals surface area contributed by atoms with Crippen molar-refractivity contribution in [1.82, 2.24) is 34.7 Å². The first-order valence-electron chi connectivity index (χ1n) is 9.19. The van der Waals surface area contributed by atoms with E-state index in [0.29, 0.717) is 5.41 Å². The van der Waals surface area contributed by atoms with Gasteiger partial charge in [-0.05, 0) is 24.0 Å². The molecular weight excluding hydrogens is 326 g/mol. The van der Waals surface area contributed by atoms with Crippen LogP contribution in [0.1, 0.15) is 50.1 Å². The second kappa shape index (κ2) is 6.72. The van der Waals surface area contributed by atoms with Crippen LogP contribution in [0.25, 0.3) is 5.65 Å². The molecule has 0 radical (unpaired) electrons. The Bertz CT molecular complexity index is 910. The monoisotopic (exact) mass is 351 g/mol. The number of rotatable bonds is 4. The van der Waals surface area contributed by atoms with Crippen molar-refractivity contribution in [3.63, 3.8) is 0 Å². The Labute approximate surface area is 153 Å². The minimum Gasteiger partial charge on any atom is -0.291 e. The van der Waals surface area contributed by atoms with E-state index in [9.17, 15) is 0 Å². The normalized spacial score (nSPS) is 15.3. The summed E-state index contributed by atoms with van der Waals surface area (Å²) in [4.78, 5) is 11.8. The molecule has 1 aliphatic heterocycles. The van der Waals surface area contributed by atoms with Gasteiger partial charge in [-0.1, -0.05) is 20.8 Å². The van der Waals surface area contributed by atoms with Crippen molar-refractivity contribution >= 4 is 5.65 Å². The number of fused-ring (bicyclic) bond motifs is 2. The Kier molecular flexibility index (Phi) is 4.40. The van der Waals surface area contributed by atoms with E-state index in [1.165, 1.54) is 11.3 Å². The van der Waals surface area contributed by atoms with E-state index >= 15 is 0 Å². The van der Waals surface area contributed by atoms with Crippen LogP contribution in [0.3, 0.4) is 0 Å². The minimum atomic E-state index is 0.311. The van der Waals surface area contributed by atoms with Crippen molar-refractivity contribution in [1.29, 1.82) is 0 Å². The first-order valence-corrected chi connectivity index (χ1v) is 9.19. The molecule has 1 aliphatic rings. The standard InChI is InChI=1S/C19H25N7/c1-19(2,3)8-6-16-20-11-14-12-25(10-7-15(14)22-16)13-18-24-23-17-5-4-9-21-26(17)18/h4-5,9,11H,6-8,10,12-13H2,1-3H3. The number of nitrogens with zero attached hydrogens (tertiary/aromatic N) is 7. The summed E-state index contributed by atoms with van der Waals surface area (Å²) in [7, 11) is 0. The molecule has 0 bridgehead atoms. The van der Waals surface area contributed by atoms with Crippen LogP contribution in [0.2, 0.25) is 0 Å². The largest absolute Gasteiger partial charge is 0.291 e. The third-order valence-electron chi connectivity index (χ3n) is 4.77. The van der Waals surface area contributed by atoms with Gasteiger partial charge in [0.05, 0.1) is 6.54 Å². The second-order valence-corrected chi connectivity index (χ2v) is 8.19. The van der Waals surface area contributed by atoms with Crippen LogP contribution in [-0.2, 0) is 25.9 Å². The zero-order chi connectivity index (χ0) is 18.1. The molecule has 3 aromatic rings. The molecule has 7 heteroatoms. The maximum atomic E-state index is 4.81. The lowest BCUT2D eigenvalue weighted by Gasteiger charge is -2.27. The maximum Gasteiger partial charge on any atom is 0.177 e. The predicted molar refractivity (Wildman–Crippen MR) is 98.4 cm³/mol. The molecule has 0 fully saturated rings. The van der Waals surface area contributed by atoms with Crippen molar-refractivity contribution in [2.24, 2.45) is 5.41 Å². The summed E-state index contributed by atoms with van der Waals surface area (Å²) in [6.45, 7) is 9.30. The van der Waals surface area contributed by atoms with Crippen molar-refractivity contribution in [3.05, 3.63) is 47.4 Å².